The summed E-state index contributed by atoms with van der Waals surface area (Å²) in [6.45, 7) is 0.607. The fourth-order valence-electron chi connectivity index (χ4n) is 2.33. The van der Waals surface area contributed by atoms with Crippen molar-refractivity contribution in [1.82, 2.24) is 5.32 Å². The Kier molecular flexibility index (Phi) is 3.53. The molecule has 1 saturated carbocycles. The molecule has 0 radical (unpaired) electrons. The highest BCUT2D eigenvalue weighted by Crippen LogP contribution is 2.40. The van der Waals surface area contributed by atoms with Crippen molar-refractivity contribution in [3.63, 3.8) is 0 Å². The Bertz CT molecular complexity index is 447. The van der Waals surface area contributed by atoms with Crippen molar-refractivity contribution in [2.24, 2.45) is 5.92 Å². The summed E-state index contributed by atoms with van der Waals surface area (Å²) in [5.74, 6) is 0.185. The predicted octanol–water partition coefficient (Wildman–Crippen LogP) is 2.15. The third kappa shape index (κ3) is 2.46. The molecule has 1 unspecified atom stereocenters. The molecular weight excluding hydrogens is 229 g/mol. The normalized spacial score (nSPS) is 17.9. The highest BCUT2D eigenvalue weighted by molar-refractivity contribution is 5.46. The Hall–Kier alpha value is -1.60. The molecule has 0 bridgehead atoms. The van der Waals surface area contributed by atoms with Gasteiger partial charge in [-0.05, 0) is 50.1 Å². The van der Waals surface area contributed by atoms with Gasteiger partial charge in [-0.15, -0.1) is 0 Å². The van der Waals surface area contributed by atoms with Gasteiger partial charge in [-0.3, -0.25) is 0 Å². The lowest BCUT2D eigenvalue weighted by Gasteiger charge is -2.32. The van der Waals surface area contributed by atoms with Gasteiger partial charge in [0.25, 0.3) is 0 Å². The molecule has 0 aromatic heterocycles. The van der Waals surface area contributed by atoms with Gasteiger partial charge >= 0.3 is 0 Å². The van der Waals surface area contributed by atoms with E-state index in [0.717, 1.165) is 18.5 Å². The number of likely N-dealkylation sites (N-methyl/N-ethyl adjacent to an activating group) is 2. The lowest BCUT2D eigenvalue weighted by Crippen LogP contribution is -2.52. The van der Waals surface area contributed by atoms with Crippen LogP contribution in [0.25, 0.3) is 0 Å². The zero-order valence-corrected chi connectivity index (χ0v) is 10.8. The average molecular weight is 247 g/mol. The first-order valence-corrected chi connectivity index (χ1v) is 6.18. The molecule has 1 aliphatic carbocycles. The number of anilines is 1. The van der Waals surface area contributed by atoms with Crippen LogP contribution >= 0.6 is 0 Å². The molecule has 18 heavy (non-hydrogen) atoms. The van der Waals surface area contributed by atoms with Crippen LogP contribution in [0.1, 0.15) is 12.8 Å². The van der Waals surface area contributed by atoms with Crippen LogP contribution in [0.5, 0.6) is 0 Å². The van der Waals surface area contributed by atoms with Crippen LogP contribution < -0.4 is 10.2 Å². The maximum atomic E-state index is 12.9. The minimum Gasteiger partial charge on any atom is -0.372 e. The van der Waals surface area contributed by atoms with Crippen LogP contribution in [0.4, 0.5) is 10.1 Å². The first kappa shape index (κ1) is 12.8. The molecule has 4 heteroatoms. The van der Waals surface area contributed by atoms with Crippen LogP contribution in [-0.4, -0.2) is 26.2 Å². The van der Waals surface area contributed by atoms with Crippen molar-refractivity contribution in [1.29, 1.82) is 5.26 Å². The molecule has 1 aromatic rings. The number of halogens is 1. The van der Waals surface area contributed by atoms with E-state index in [4.69, 9.17) is 0 Å². The minimum absolute atomic E-state index is 0.241. The molecule has 0 amide bonds. The summed E-state index contributed by atoms with van der Waals surface area (Å²) in [7, 11) is 3.76. The summed E-state index contributed by atoms with van der Waals surface area (Å²) in [5.41, 5.74) is 0.426. The highest BCUT2D eigenvalue weighted by Gasteiger charge is 2.45. The molecule has 0 spiro atoms. The third-order valence-corrected chi connectivity index (χ3v) is 3.67. The second-order valence-corrected chi connectivity index (χ2v) is 4.94. The molecule has 2 rings (SSSR count). The maximum Gasteiger partial charge on any atom is 0.126 e. The molecule has 0 saturated heterocycles. The van der Waals surface area contributed by atoms with Crippen LogP contribution in [0, 0.1) is 23.1 Å². The SMILES string of the molecule is CNC(C#N)(CN(C)c1ccc(F)cc1)C1CC1. The number of hydrogen-bond acceptors (Lipinski definition) is 3. The third-order valence-electron chi connectivity index (χ3n) is 3.67. The van der Waals surface area contributed by atoms with Crippen molar-refractivity contribution < 1.29 is 4.39 Å². The summed E-state index contributed by atoms with van der Waals surface area (Å²) in [6, 6.07) is 8.77. The molecule has 3 nitrogen and oxygen atoms in total. The molecule has 0 aliphatic heterocycles. The fraction of sp³-hybridized carbons (Fsp3) is 0.500. The summed E-state index contributed by atoms with van der Waals surface area (Å²) in [5, 5.41) is 12.6. The quantitative estimate of drug-likeness (QED) is 0.866. The smallest absolute Gasteiger partial charge is 0.126 e. The van der Waals surface area contributed by atoms with Gasteiger partial charge in [0, 0.05) is 19.3 Å². The lowest BCUT2D eigenvalue weighted by molar-refractivity contribution is 0.398. The summed E-state index contributed by atoms with van der Waals surface area (Å²) in [6.07, 6.45) is 2.21. The van der Waals surface area contributed by atoms with E-state index in [1.807, 2.05) is 19.0 Å². The van der Waals surface area contributed by atoms with Gasteiger partial charge < -0.3 is 10.2 Å². The van der Waals surface area contributed by atoms with Crippen molar-refractivity contribution >= 4 is 5.69 Å². The van der Waals surface area contributed by atoms with Crippen LogP contribution in [0.2, 0.25) is 0 Å². The number of nitrogens with zero attached hydrogens (tertiary/aromatic N) is 2. The largest absolute Gasteiger partial charge is 0.372 e. The van der Waals surface area contributed by atoms with Gasteiger partial charge in [0.1, 0.15) is 11.4 Å². The Morgan fingerprint density at radius 1 is 1.44 bits per heavy atom. The molecular formula is C14H18FN3. The molecule has 0 heterocycles. The molecule has 1 fully saturated rings. The zero-order chi connectivity index (χ0) is 13.2. The lowest BCUT2D eigenvalue weighted by atomic mass is 9.94. The molecule has 96 valence electrons. The Morgan fingerprint density at radius 2 is 2.06 bits per heavy atom. The van der Waals surface area contributed by atoms with Crippen LogP contribution in [-0.2, 0) is 0 Å². The second-order valence-electron chi connectivity index (χ2n) is 4.94. The summed E-state index contributed by atoms with van der Waals surface area (Å²) >= 11 is 0. The number of rotatable bonds is 5. The van der Waals surface area contributed by atoms with E-state index >= 15 is 0 Å². The fourth-order valence-corrected chi connectivity index (χ4v) is 2.33. The number of hydrogen-bond donors (Lipinski definition) is 1. The molecule has 1 aromatic carbocycles. The van der Waals surface area contributed by atoms with Gasteiger partial charge in [0.2, 0.25) is 0 Å². The molecule has 1 aliphatic rings. The number of benzene rings is 1. The number of nitriles is 1. The van der Waals surface area contributed by atoms with E-state index in [-0.39, 0.29) is 5.82 Å². The van der Waals surface area contributed by atoms with E-state index in [1.165, 1.54) is 12.1 Å². The summed E-state index contributed by atoms with van der Waals surface area (Å²) in [4.78, 5) is 2.00. The van der Waals surface area contributed by atoms with E-state index in [9.17, 15) is 9.65 Å². The van der Waals surface area contributed by atoms with Crippen molar-refractivity contribution in [2.75, 3.05) is 25.5 Å². The molecule has 1 atom stereocenters. The Morgan fingerprint density at radius 3 is 2.50 bits per heavy atom. The average Bonchev–Trinajstić information content (AvgIpc) is 3.21. The zero-order valence-electron chi connectivity index (χ0n) is 10.8. The topological polar surface area (TPSA) is 39.1 Å². The first-order chi connectivity index (χ1) is 8.61. The predicted molar refractivity (Wildman–Crippen MR) is 69.8 cm³/mol. The van der Waals surface area contributed by atoms with Crippen molar-refractivity contribution in [2.45, 2.75) is 18.4 Å². The monoisotopic (exact) mass is 247 g/mol. The van der Waals surface area contributed by atoms with Crippen LogP contribution in [0.3, 0.4) is 0 Å². The highest BCUT2D eigenvalue weighted by atomic mass is 19.1. The standard InChI is InChI=1S/C14H18FN3/c1-17-14(9-16,11-3-4-11)10-18(2)13-7-5-12(15)6-8-13/h5-8,11,17H,3-4,10H2,1-2H3. The van der Waals surface area contributed by atoms with E-state index in [0.29, 0.717) is 12.5 Å². The maximum absolute atomic E-state index is 12.9. The van der Waals surface area contributed by atoms with Gasteiger partial charge in [0.05, 0.1) is 6.07 Å². The van der Waals surface area contributed by atoms with Gasteiger partial charge in [-0.2, -0.15) is 5.26 Å². The van der Waals surface area contributed by atoms with Gasteiger partial charge in [-0.25, -0.2) is 4.39 Å². The Balaban J connectivity index is 2.12. The summed E-state index contributed by atoms with van der Waals surface area (Å²) < 4.78 is 12.9. The van der Waals surface area contributed by atoms with Gasteiger partial charge in [0.15, 0.2) is 0 Å². The van der Waals surface area contributed by atoms with E-state index < -0.39 is 5.54 Å². The van der Waals surface area contributed by atoms with Crippen molar-refractivity contribution in [3.8, 4) is 6.07 Å². The van der Waals surface area contributed by atoms with E-state index in [2.05, 4.69) is 11.4 Å². The van der Waals surface area contributed by atoms with Crippen LogP contribution in [0.15, 0.2) is 24.3 Å². The van der Waals surface area contributed by atoms with Gasteiger partial charge in [-0.1, -0.05) is 0 Å². The second kappa shape index (κ2) is 4.95. The molecule has 1 N–H and O–H groups in total. The number of nitrogens with one attached hydrogen (secondary N) is 1. The van der Waals surface area contributed by atoms with E-state index in [1.54, 1.807) is 12.1 Å². The first-order valence-electron chi connectivity index (χ1n) is 6.18. The van der Waals surface area contributed by atoms with Crippen molar-refractivity contribution in [3.05, 3.63) is 30.1 Å². The minimum atomic E-state index is -0.497. The Labute approximate surface area is 107 Å².